The van der Waals surface area contributed by atoms with Crippen LogP contribution < -0.4 is 15.5 Å². The minimum atomic E-state index is -0.406. The van der Waals surface area contributed by atoms with Gasteiger partial charge in [-0.15, -0.1) is 0 Å². The predicted molar refractivity (Wildman–Crippen MR) is 103 cm³/mol. The molecule has 2 rings (SSSR count). The summed E-state index contributed by atoms with van der Waals surface area (Å²) in [5.41, 5.74) is 2.89. The maximum atomic E-state index is 11.9. The fourth-order valence-electron chi connectivity index (χ4n) is 2.38. The van der Waals surface area contributed by atoms with Gasteiger partial charge in [0.15, 0.2) is 6.61 Å². The molecule has 1 aromatic carbocycles. The molecule has 0 atom stereocenters. The van der Waals surface area contributed by atoms with E-state index in [0.29, 0.717) is 23.0 Å². The van der Waals surface area contributed by atoms with E-state index in [-0.39, 0.29) is 18.9 Å². The highest BCUT2D eigenvalue weighted by Gasteiger charge is 2.10. The summed E-state index contributed by atoms with van der Waals surface area (Å²) in [6, 6.07) is 6.69. The molecule has 1 aliphatic rings. The lowest BCUT2D eigenvalue weighted by atomic mass is 10.3. The van der Waals surface area contributed by atoms with Crippen molar-refractivity contribution in [2.24, 2.45) is 5.10 Å². The van der Waals surface area contributed by atoms with E-state index in [2.05, 4.69) is 20.7 Å². The lowest BCUT2D eigenvalue weighted by molar-refractivity contribution is -0.123. The van der Waals surface area contributed by atoms with E-state index in [0.717, 1.165) is 32.8 Å². The van der Waals surface area contributed by atoms with E-state index in [1.54, 1.807) is 31.2 Å². The summed E-state index contributed by atoms with van der Waals surface area (Å²) in [4.78, 5) is 25.9. The van der Waals surface area contributed by atoms with Crippen LogP contribution in [0.4, 0.5) is 0 Å². The zero-order chi connectivity index (χ0) is 19.5. The molecule has 0 saturated carbocycles. The van der Waals surface area contributed by atoms with Gasteiger partial charge in [-0.2, -0.15) is 5.10 Å². The summed E-state index contributed by atoms with van der Waals surface area (Å²) >= 11 is 5.78. The normalized spacial score (nSPS) is 15.3. The van der Waals surface area contributed by atoms with Crippen molar-refractivity contribution in [3.05, 3.63) is 29.3 Å². The number of hydrogen-bond donors (Lipinski definition) is 2. The number of ether oxygens (including phenoxy) is 2. The average molecular weight is 397 g/mol. The molecular weight excluding hydrogens is 372 g/mol. The first-order valence-electron chi connectivity index (χ1n) is 8.80. The van der Waals surface area contributed by atoms with Crippen LogP contribution in [0.2, 0.25) is 5.02 Å². The third kappa shape index (κ3) is 8.85. The summed E-state index contributed by atoms with van der Waals surface area (Å²) < 4.78 is 10.6. The van der Waals surface area contributed by atoms with E-state index >= 15 is 0 Å². The second-order valence-electron chi connectivity index (χ2n) is 6.11. The van der Waals surface area contributed by atoms with Crippen molar-refractivity contribution < 1.29 is 19.1 Å². The number of hydrogen-bond acceptors (Lipinski definition) is 6. The fourth-order valence-corrected chi connectivity index (χ4v) is 2.51. The van der Waals surface area contributed by atoms with Crippen molar-refractivity contribution in [2.75, 3.05) is 46.0 Å². The number of nitrogens with one attached hydrogen (secondary N) is 2. The second-order valence-corrected chi connectivity index (χ2v) is 6.54. The molecule has 1 fully saturated rings. The molecule has 0 aliphatic carbocycles. The van der Waals surface area contributed by atoms with Gasteiger partial charge in [-0.3, -0.25) is 14.5 Å². The maximum absolute atomic E-state index is 11.9. The van der Waals surface area contributed by atoms with E-state index in [4.69, 9.17) is 21.1 Å². The highest BCUT2D eigenvalue weighted by Crippen LogP contribution is 2.15. The molecule has 148 valence electrons. The van der Waals surface area contributed by atoms with Gasteiger partial charge in [0, 0.05) is 36.9 Å². The van der Waals surface area contributed by atoms with Crippen LogP contribution in [0.15, 0.2) is 29.4 Å². The largest absolute Gasteiger partial charge is 0.484 e. The van der Waals surface area contributed by atoms with Crippen molar-refractivity contribution in [1.82, 2.24) is 15.6 Å². The molecule has 27 heavy (non-hydrogen) atoms. The lowest BCUT2D eigenvalue weighted by Crippen LogP contribution is -2.41. The molecule has 0 spiro atoms. The Labute approximate surface area is 163 Å². The van der Waals surface area contributed by atoms with Crippen LogP contribution in [0.5, 0.6) is 5.75 Å². The summed E-state index contributed by atoms with van der Waals surface area (Å²) in [6.45, 7) is 6.13. The lowest BCUT2D eigenvalue weighted by Gasteiger charge is -2.26. The highest BCUT2D eigenvalue weighted by atomic mass is 35.5. The molecule has 2 N–H and O–H groups in total. The predicted octanol–water partition coefficient (Wildman–Crippen LogP) is 1.05. The summed E-state index contributed by atoms with van der Waals surface area (Å²) in [5.74, 6) is 0.00287. The highest BCUT2D eigenvalue weighted by molar-refractivity contribution is 6.30. The topological polar surface area (TPSA) is 92.3 Å². The minimum absolute atomic E-state index is 0.126. The third-order valence-electron chi connectivity index (χ3n) is 3.83. The van der Waals surface area contributed by atoms with Crippen molar-refractivity contribution in [2.45, 2.75) is 13.3 Å². The van der Waals surface area contributed by atoms with Gasteiger partial charge < -0.3 is 14.8 Å². The standard InChI is InChI=1S/C18H25ClN4O4/c1-14(12-17(24)20-6-7-23-8-10-26-11-9-23)21-22-18(25)13-27-16-4-2-15(19)3-5-16/h2-5H,6-13H2,1H3,(H,20,24)(H,22,25). The Hall–Kier alpha value is -2.16. The molecule has 1 heterocycles. The number of carbonyl (C=O) groups is 2. The summed E-state index contributed by atoms with van der Waals surface area (Å²) in [7, 11) is 0. The van der Waals surface area contributed by atoms with Crippen LogP contribution in [0.1, 0.15) is 13.3 Å². The number of halogens is 1. The van der Waals surface area contributed by atoms with Crippen molar-refractivity contribution >= 4 is 29.1 Å². The Balaban J connectivity index is 1.60. The molecule has 9 heteroatoms. The van der Waals surface area contributed by atoms with Gasteiger partial charge in [-0.1, -0.05) is 11.6 Å². The Morgan fingerprint density at radius 1 is 1.22 bits per heavy atom. The fraction of sp³-hybridized carbons (Fsp3) is 0.500. The molecular formula is C18H25ClN4O4. The van der Waals surface area contributed by atoms with Crippen LogP contribution in [-0.4, -0.2) is 68.4 Å². The molecule has 0 aromatic heterocycles. The Kier molecular flexibility index (Phi) is 9.03. The molecule has 0 unspecified atom stereocenters. The average Bonchev–Trinajstić information content (AvgIpc) is 2.67. The van der Waals surface area contributed by atoms with Crippen LogP contribution in [-0.2, 0) is 14.3 Å². The van der Waals surface area contributed by atoms with Crippen LogP contribution >= 0.6 is 11.6 Å². The monoisotopic (exact) mass is 396 g/mol. The number of morpholine rings is 1. The Morgan fingerprint density at radius 3 is 2.63 bits per heavy atom. The molecule has 8 nitrogen and oxygen atoms in total. The zero-order valence-corrected chi connectivity index (χ0v) is 16.1. The van der Waals surface area contributed by atoms with Crippen molar-refractivity contribution in [1.29, 1.82) is 0 Å². The first-order chi connectivity index (χ1) is 13.0. The van der Waals surface area contributed by atoms with E-state index in [1.165, 1.54) is 0 Å². The van der Waals surface area contributed by atoms with Crippen LogP contribution in [0, 0.1) is 0 Å². The summed E-state index contributed by atoms with van der Waals surface area (Å²) in [5, 5.41) is 7.36. The number of carbonyl (C=O) groups excluding carboxylic acids is 2. The smallest absolute Gasteiger partial charge is 0.277 e. The molecule has 0 bridgehead atoms. The maximum Gasteiger partial charge on any atom is 0.277 e. The minimum Gasteiger partial charge on any atom is -0.484 e. The molecule has 0 radical (unpaired) electrons. The van der Waals surface area contributed by atoms with Gasteiger partial charge in [0.2, 0.25) is 5.91 Å². The van der Waals surface area contributed by atoms with Gasteiger partial charge in [-0.25, -0.2) is 5.43 Å². The molecule has 1 aliphatic heterocycles. The van der Waals surface area contributed by atoms with Gasteiger partial charge >= 0.3 is 0 Å². The van der Waals surface area contributed by atoms with Gasteiger partial charge in [0.05, 0.1) is 19.6 Å². The van der Waals surface area contributed by atoms with Crippen LogP contribution in [0.3, 0.4) is 0 Å². The number of amides is 2. The second kappa shape index (κ2) is 11.5. The first-order valence-corrected chi connectivity index (χ1v) is 9.18. The number of nitrogens with zero attached hydrogens (tertiary/aromatic N) is 2. The quantitative estimate of drug-likeness (QED) is 0.481. The molecule has 2 amide bonds. The number of hydrazone groups is 1. The third-order valence-corrected chi connectivity index (χ3v) is 4.08. The van der Waals surface area contributed by atoms with E-state index < -0.39 is 5.91 Å². The first kappa shape index (κ1) is 21.1. The number of benzene rings is 1. The van der Waals surface area contributed by atoms with E-state index in [1.807, 2.05) is 0 Å². The molecule has 1 saturated heterocycles. The number of rotatable bonds is 9. The van der Waals surface area contributed by atoms with E-state index in [9.17, 15) is 9.59 Å². The van der Waals surface area contributed by atoms with Crippen molar-refractivity contribution in [3.63, 3.8) is 0 Å². The molecule has 1 aromatic rings. The van der Waals surface area contributed by atoms with Crippen LogP contribution in [0.25, 0.3) is 0 Å². The Bertz CT molecular complexity index is 645. The SMILES string of the molecule is CC(CC(=O)NCCN1CCOCC1)=NNC(=O)COc1ccc(Cl)cc1. The Morgan fingerprint density at radius 2 is 1.93 bits per heavy atom. The summed E-state index contributed by atoms with van der Waals surface area (Å²) in [6.07, 6.45) is 0.126. The zero-order valence-electron chi connectivity index (χ0n) is 15.4. The van der Waals surface area contributed by atoms with Gasteiger partial charge in [0.25, 0.3) is 5.91 Å². The van der Waals surface area contributed by atoms with Crippen molar-refractivity contribution in [3.8, 4) is 5.75 Å². The van der Waals surface area contributed by atoms with Gasteiger partial charge in [-0.05, 0) is 31.2 Å². The van der Waals surface area contributed by atoms with Gasteiger partial charge in [0.1, 0.15) is 5.75 Å².